The van der Waals surface area contributed by atoms with E-state index in [1.165, 1.54) is 7.05 Å². The third-order valence-corrected chi connectivity index (χ3v) is 11.4. The number of sulfonamides is 1. The molecule has 0 radical (unpaired) electrons. The van der Waals surface area contributed by atoms with E-state index < -0.39 is 27.7 Å². The van der Waals surface area contributed by atoms with Crippen LogP contribution in [0.4, 0.5) is 0 Å². The van der Waals surface area contributed by atoms with Crippen molar-refractivity contribution in [3.63, 3.8) is 0 Å². The summed E-state index contributed by atoms with van der Waals surface area (Å²) in [6.07, 6.45) is 5.07. The van der Waals surface area contributed by atoms with Crippen molar-refractivity contribution in [1.82, 2.24) is 29.6 Å². The fourth-order valence-corrected chi connectivity index (χ4v) is 8.30. The molecule has 0 bridgehead atoms. The number of H-pyrrole nitrogens is 1. The van der Waals surface area contributed by atoms with Crippen molar-refractivity contribution in [2.75, 3.05) is 39.8 Å². The maximum atomic E-state index is 13.8. The number of aryl methyl sites for hydroxylation is 2. The molecule has 1 unspecified atom stereocenters. The van der Waals surface area contributed by atoms with E-state index in [0.29, 0.717) is 43.6 Å². The summed E-state index contributed by atoms with van der Waals surface area (Å²) in [6.45, 7) is 10.5. The molecular weight excluding hydrogens is 584 g/mol. The lowest BCUT2D eigenvalue weighted by Crippen LogP contribution is -2.75. The Labute approximate surface area is 260 Å². The predicted octanol–water partition coefficient (Wildman–Crippen LogP) is 1.71. The molecule has 2 amide bonds. The fourth-order valence-electron chi connectivity index (χ4n) is 6.73. The lowest BCUT2D eigenvalue weighted by molar-refractivity contribution is -0.165. The van der Waals surface area contributed by atoms with Gasteiger partial charge in [0, 0.05) is 45.0 Å². The number of aromatic amines is 1. The van der Waals surface area contributed by atoms with Gasteiger partial charge in [0.05, 0.1) is 29.8 Å². The van der Waals surface area contributed by atoms with Gasteiger partial charge >= 0.3 is 0 Å². The van der Waals surface area contributed by atoms with E-state index in [1.54, 1.807) is 24.9 Å². The number of aliphatic hydroxyl groups is 2. The predicted molar refractivity (Wildman–Crippen MR) is 166 cm³/mol. The van der Waals surface area contributed by atoms with E-state index in [9.17, 15) is 28.2 Å². The number of unbranched alkanes of at least 4 members (excludes halogenated alkanes) is 1. The summed E-state index contributed by atoms with van der Waals surface area (Å²) in [7, 11) is -2.35. The van der Waals surface area contributed by atoms with Crippen LogP contribution in [0.1, 0.15) is 74.8 Å². The monoisotopic (exact) mass is 632 g/mol. The standard InChI is InChI=1S/C31H48N6O6S/c1-7-8-11-37-29(40)25(27(39)20(2)3)34-30(41)31(37)9-12-36(13-10-31)26(24-18-32-33-19-24)23-16-21(4)28(22(5)17-23)44(42,43)35(6)14-15-38/h16-20,25-27,38-39H,7-15H2,1-6H3,(H,32,33)(H,34,41)/t25-,26?,27-/m1/s1. The van der Waals surface area contributed by atoms with Crippen LogP contribution in [-0.4, -0.2) is 112 Å². The van der Waals surface area contributed by atoms with E-state index >= 15 is 0 Å². The van der Waals surface area contributed by atoms with Gasteiger partial charge in [-0.1, -0.05) is 39.3 Å². The summed E-state index contributed by atoms with van der Waals surface area (Å²) in [4.78, 5) is 31.8. The lowest BCUT2D eigenvalue weighted by atomic mass is 9.79. The van der Waals surface area contributed by atoms with Crippen LogP contribution in [0.5, 0.6) is 0 Å². The molecule has 1 aromatic carbocycles. The second kappa shape index (κ2) is 13.7. The van der Waals surface area contributed by atoms with Crippen LogP contribution in [0.3, 0.4) is 0 Å². The Morgan fingerprint density at radius 1 is 1.14 bits per heavy atom. The highest BCUT2D eigenvalue weighted by Gasteiger charge is 2.55. The van der Waals surface area contributed by atoms with Gasteiger partial charge in [0.2, 0.25) is 21.8 Å². The van der Waals surface area contributed by atoms with Crippen molar-refractivity contribution < 1.29 is 28.2 Å². The van der Waals surface area contributed by atoms with Gasteiger partial charge in [-0.2, -0.15) is 9.40 Å². The minimum Gasteiger partial charge on any atom is -0.395 e. The first-order valence-electron chi connectivity index (χ1n) is 15.5. The number of piperazine rings is 1. The maximum absolute atomic E-state index is 13.8. The summed E-state index contributed by atoms with van der Waals surface area (Å²) in [6, 6.07) is 2.55. The maximum Gasteiger partial charge on any atom is 0.248 e. The Morgan fingerprint density at radius 2 is 1.77 bits per heavy atom. The van der Waals surface area contributed by atoms with Crippen LogP contribution in [0.25, 0.3) is 0 Å². The largest absolute Gasteiger partial charge is 0.395 e. The van der Waals surface area contributed by atoms with E-state index in [2.05, 4.69) is 20.4 Å². The number of amides is 2. The molecule has 2 aliphatic heterocycles. The number of carbonyl (C=O) groups excluding carboxylic acids is 2. The van der Waals surface area contributed by atoms with Crippen molar-refractivity contribution in [2.45, 2.75) is 88.9 Å². The van der Waals surface area contributed by atoms with Gasteiger partial charge in [0.15, 0.2) is 0 Å². The zero-order valence-electron chi connectivity index (χ0n) is 26.7. The smallest absolute Gasteiger partial charge is 0.248 e. The van der Waals surface area contributed by atoms with Gasteiger partial charge in [-0.15, -0.1) is 0 Å². The molecule has 0 saturated carbocycles. The average molecular weight is 633 g/mol. The highest BCUT2D eigenvalue weighted by molar-refractivity contribution is 7.89. The minimum absolute atomic E-state index is 0.00132. The molecule has 12 nitrogen and oxygen atoms in total. The number of nitrogens with one attached hydrogen (secondary N) is 2. The van der Waals surface area contributed by atoms with Crippen molar-refractivity contribution in [2.24, 2.45) is 5.92 Å². The van der Waals surface area contributed by atoms with E-state index in [1.807, 2.05) is 39.1 Å². The van der Waals surface area contributed by atoms with Crippen molar-refractivity contribution in [3.05, 3.63) is 46.8 Å². The number of carbonyl (C=O) groups is 2. The molecule has 244 valence electrons. The fraction of sp³-hybridized carbons (Fsp3) is 0.645. The second-order valence-electron chi connectivity index (χ2n) is 12.6. The van der Waals surface area contributed by atoms with Crippen LogP contribution >= 0.6 is 0 Å². The topological polar surface area (TPSA) is 159 Å². The molecule has 3 atom stereocenters. The first-order chi connectivity index (χ1) is 20.8. The van der Waals surface area contributed by atoms with Crippen molar-refractivity contribution >= 4 is 21.8 Å². The lowest BCUT2D eigenvalue weighted by Gasteiger charge is -2.53. The van der Waals surface area contributed by atoms with Crippen LogP contribution < -0.4 is 5.32 Å². The van der Waals surface area contributed by atoms with Gasteiger partial charge < -0.3 is 20.4 Å². The summed E-state index contributed by atoms with van der Waals surface area (Å²) in [5, 5.41) is 30.0. The molecule has 3 heterocycles. The first-order valence-corrected chi connectivity index (χ1v) is 17.0. The third kappa shape index (κ3) is 6.30. The molecule has 4 rings (SSSR count). The highest BCUT2D eigenvalue weighted by atomic mass is 32.2. The van der Waals surface area contributed by atoms with Gasteiger partial charge in [0.25, 0.3) is 0 Å². The second-order valence-corrected chi connectivity index (χ2v) is 14.5. The summed E-state index contributed by atoms with van der Waals surface area (Å²) in [5.41, 5.74) is 2.00. The van der Waals surface area contributed by atoms with Crippen molar-refractivity contribution in [1.29, 1.82) is 0 Å². The Kier molecular flexibility index (Phi) is 10.6. The van der Waals surface area contributed by atoms with Crippen LogP contribution in [0, 0.1) is 19.8 Å². The number of likely N-dealkylation sites (tertiary alicyclic amines) is 1. The molecule has 2 saturated heterocycles. The molecule has 2 aliphatic rings. The summed E-state index contributed by atoms with van der Waals surface area (Å²) < 4.78 is 27.8. The number of hydrogen-bond donors (Lipinski definition) is 4. The average Bonchev–Trinajstić information content (AvgIpc) is 3.49. The number of hydrogen-bond acceptors (Lipinski definition) is 8. The first kappa shape index (κ1) is 34.0. The zero-order valence-corrected chi connectivity index (χ0v) is 27.5. The molecular formula is C31H48N6O6S. The normalized spacial score (nSPS) is 20.9. The molecule has 1 spiro atoms. The minimum atomic E-state index is -3.80. The Hall–Kier alpha value is -2.84. The summed E-state index contributed by atoms with van der Waals surface area (Å²) >= 11 is 0. The van der Waals surface area contributed by atoms with Gasteiger partial charge in [-0.3, -0.25) is 19.6 Å². The Balaban J connectivity index is 1.66. The van der Waals surface area contributed by atoms with Gasteiger partial charge in [-0.05, 0) is 55.7 Å². The SMILES string of the molecule is CCCCN1C(=O)[C@@H]([C@H](O)C(C)C)NC(=O)C12CCN(C(c1cn[nH]c1)c1cc(C)c(S(=O)(=O)N(C)CCO)c(C)c1)CC2. The Morgan fingerprint density at radius 3 is 2.30 bits per heavy atom. The van der Waals surface area contributed by atoms with E-state index in [-0.39, 0.29) is 41.8 Å². The molecule has 2 aromatic rings. The van der Waals surface area contributed by atoms with Gasteiger partial charge in [-0.25, -0.2) is 8.42 Å². The number of aromatic nitrogens is 2. The van der Waals surface area contributed by atoms with E-state index in [0.717, 1.165) is 28.3 Å². The number of likely N-dealkylation sites (N-methyl/N-ethyl adjacent to an activating group) is 1. The highest BCUT2D eigenvalue weighted by Crippen LogP contribution is 2.40. The summed E-state index contributed by atoms with van der Waals surface area (Å²) in [5.74, 6) is -0.633. The quantitative estimate of drug-likeness (QED) is 0.275. The van der Waals surface area contributed by atoms with E-state index in [4.69, 9.17) is 0 Å². The molecule has 1 aromatic heterocycles. The zero-order chi connectivity index (χ0) is 32.4. The number of nitrogens with zero attached hydrogens (tertiary/aromatic N) is 4. The number of aliphatic hydroxyl groups excluding tert-OH is 2. The number of rotatable bonds is 12. The van der Waals surface area contributed by atoms with Crippen LogP contribution in [0.15, 0.2) is 29.4 Å². The van der Waals surface area contributed by atoms with Crippen LogP contribution in [0.2, 0.25) is 0 Å². The number of benzene rings is 1. The number of piperidine rings is 1. The molecule has 2 fully saturated rings. The van der Waals surface area contributed by atoms with Gasteiger partial charge in [0.1, 0.15) is 11.6 Å². The third-order valence-electron chi connectivity index (χ3n) is 9.22. The molecule has 13 heteroatoms. The van der Waals surface area contributed by atoms with Crippen molar-refractivity contribution in [3.8, 4) is 0 Å². The molecule has 0 aliphatic carbocycles. The molecule has 44 heavy (non-hydrogen) atoms. The Bertz CT molecular complexity index is 1400. The molecule has 4 N–H and O–H groups in total. The van der Waals surface area contributed by atoms with Crippen LogP contribution in [-0.2, 0) is 19.6 Å².